The van der Waals surface area contributed by atoms with Gasteiger partial charge in [0, 0.05) is 17.4 Å². The molecule has 5 nitrogen and oxygen atoms in total. The maximum atomic E-state index is 13.4. The molecule has 0 aliphatic heterocycles. The molecule has 0 heterocycles. The summed E-state index contributed by atoms with van der Waals surface area (Å²) in [5.41, 5.74) is 0.429. The molecule has 4 aliphatic rings. The Morgan fingerprint density at radius 3 is 2.31 bits per heavy atom. The molecule has 0 radical (unpaired) electrons. The first kappa shape index (κ1) is 25.7. The minimum absolute atomic E-state index is 0.0115. The van der Waals surface area contributed by atoms with Crippen LogP contribution in [0.2, 0.25) is 5.02 Å². The molecule has 4 N–H and O–H groups in total. The zero-order chi connectivity index (χ0) is 25.3. The molecule has 1 aromatic carbocycles. The number of aliphatic hydroxyl groups is 4. The van der Waals surface area contributed by atoms with E-state index in [4.69, 9.17) is 11.6 Å². The average Bonchev–Trinajstić information content (AvgIpc) is 3.17. The van der Waals surface area contributed by atoms with E-state index in [-0.39, 0.29) is 34.4 Å². The number of rotatable bonds is 4. The van der Waals surface area contributed by atoms with Crippen LogP contribution in [0.5, 0.6) is 0 Å². The Kier molecular flexibility index (Phi) is 6.67. The van der Waals surface area contributed by atoms with Crippen LogP contribution in [0.25, 0.3) is 0 Å². The average molecular weight is 505 g/mol. The van der Waals surface area contributed by atoms with Crippen molar-refractivity contribution in [2.75, 3.05) is 0 Å². The quantitative estimate of drug-likeness (QED) is 0.482. The van der Waals surface area contributed by atoms with Gasteiger partial charge in [-0.2, -0.15) is 0 Å². The summed E-state index contributed by atoms with van der Waals surface area (Å²) >= 11 is 6.00. The van der Waals surface area contributed by atoms with Crippen molar-refractivity contribution in [1.82, 2.24) is 0 Å². The summed E-state index contributed by atoms with van der Waals surface area (Å²) in [6, 6.07) is 7.02. The highest BCUT2D eigenvalue weighted by Crippen LogP contribution is 2.68. The summed E-state index contributed by atoms with van der Waals surface area (Å²) in [5.74, 6) is 1.37. The summed E-state index contributed by atoms with van der Waals surface area (Å²) < 4.78 is 0. The molecule has 4 fully saturated rings. The molecule has 5 rings (SSSR count). The molecule has 0 amide bonds. The van der Waals surface area contributed by atoms with E-state index in [1.165, 1.54) is 0 Å². The van der Waals surface area contributed by atoms with Gasteiger partial charge in [0.1, 0.15) is 11.9 Å². The van der Waals surface area contributed by atoms with Crippen LogP contribution in [0.4, 0.5) is 0 Å². The lowest BCUT2D eigenvalue weighted by molar-refractivity contribution is -0.174. The molecule has 6 heteroatoms. The third-order valence-electron chi connectivity index (χ3n) is 11.3. The molecule has 194 valence electrons. The fraction of sp³-hybridized carbons (Fsp3) is 0.759. The van der Waals surface area contributed by atoms with Crippen molar-refractivity contribution in [1.29, 1.82) is 0 Å². The van der Waals surface area contributed by atoms with Crippen LogP contribution in [0.3, 0.4) is 0 Å². The van der Waals surface area contributed by atoms with Crippen molar-refractivity contribution in [3.05, 3.63) is 34.9 Å². The maximum Gasteiger partial charge on any atom is 0.136 e. The van der Waals surface area contributed by atoms with Gasteiger partial charge in [-0.3, -0.25) is 4.79 Å². The second-order valence-corrected chi connectivity index (χ2v) is 13.2. The van der Waals surface area contributed by atoms with Crippen LogP contribution in [0.1, 0.15) is 77.4 Å². The summed E-state index contributed by atoms with van der Waals surface area (Å²) in [6.45, 7) is 6.60. The zero-order valence-electron chi connectivity index (χ0n) is 21.1. The lowest BCUT2D eigenvalue weighted by Crippen LogP contribution is -2.59. The van der Waals surface area contributed by atoms with E-state index in [0.717, 1.165) is 25.7 Å². The highest BCUT2D eigenvalue weighted by Gasteiger charge is 2.63. The molecule has 0 bridgehead atoms. The van der Waals surface area contributed by atoms with Gasteiger partial charge in [0.2, 0.25) is 0 Å². The van der Waals surface area contributed by atoms with Gasteiger partial charge < -0.3 is 20.4 Å². The minimum Gasteiger partial charge on any atom is -0.390 e. The number of hydrogen-bond donors (Lipinski definition) is 4. The molecule has 35 heavy (non-hydrogen) atoms. The summed E-state index contributed by atoms with van der Waals surface area (Å²) in [4.78, 5) is 13.4. The second kappa shape index (κ2) is 9.09. The van der Waals surface area contributed by atoms with Crippen LogP contribution in [0, 0.1) is 46.3 Å². The van der Waals surface area contributed by atoms with E-state index < -0.39 is 24.4 Å². The molecule has 0 spiro atoms. The molecule has 4 aliphatic carbocycles. The smallest absolute Gasteiger partial charge is 0.136 e. The van der Waals surface area contributed by atoms with Crippen molar-refractivity contribution < 1.29 is 25.2 Å². The van der Waals surface area contributed by atoms with Gasteiger partial charge in [0.25, 0.3) is 0 Å². The van der Waals surface area contributed by atoms with E-state index in [2.05, 4.69) is 20.8 Å². The Morgan fingerprint density at radius 1 is 0.971 bits per heavy atom. The third kappa shape index (κ3) is 4.01. The van der Waals surface area contributed by atoms with E-state index in [1.807, 2.05) is 0 Å². The number of benzene rings is 1. The topological polar surface area (TPSA) is 98.0 Å². The van der Waals surface area contributed by atoms with Crippen molar-refractivity contribution in [3.8, 4) is 0 Å². The van der Waals surface area contributed by atoms with E-state index in [0.29, 0.717) is 47.6 Å². The van der Waals surface area contributed by atoms with E-state index in [1.54, 1.807) is 24.3 Å². The first-order chi connectivity index (χ1) is 16.5. The summed E-state index contributed by atoms with van der Waals surface area (Å²) in [7, 11) is 0. The number of Topliss-reactive ketones (excluding diaryl/α,β-unsaturated/α-hetero) is 1. The summed E-state index contributed by atoms with van der Waals surface area (Å²) in [5, 5.41) is 43.5. The molecule has 1 aromatic rings. The first-order valence-corrected chi connectivity index (χ1v) is 13.9. The number of halogens is 1. The number of carbonyl (C=O) groups excluding carboxylic acids is 1. The molecule has 0 aromatic heterocycles. The molecule has 0 saturated heterocycles. The second-order valence-electron chi connectivity index (χ2n) is 12.8. The monoisotopic (exact) mass is 504 g/mol. The van der Waals surface area contributed by atoms with Gasteiger partial charge >= 0.3 is 0 Å². The van der Waals surface area contributed by atoms with E-state index in [9.17, 15) is 25.2 Å². The molecule has 4 saturated carbocycles. The van der Waals surface area contributed by atoms with Gasteiger partial charge in [0.15, 0.2) is 0 Å². The third-order valence-corrected chi connectivity index (χ3v) is 11.5. The van der Waals surface area contributed by atoms with Crippen LogP contribution in [-0.4, -0.2) is 44.5 Å². The van der Waals surface area contributed by atoms with Crippen molar-refractivity contribution >= 4 is 17.4 Å². The van der Waals surface area contributed by atoms with Crippen molar-refractivity contribution in [2.45, 2.75) is 90.1 Å². The lowest BCUT2D eigenvalue weighted by Gasteiger charge is -2.61. The largest absolute Gasteiger partial charge is 0.390 e. The molecular weight excluding hydrogens is 464 g/mol. The Bertz CT molecular complexity index is 951. The Balaban J connectivity index is 1.36. The van der Waals surface area contributed by atoms with E-state index >= 15 is 0 Å². The molecule has 1 unspecified atom stereocenters. The van der Waals surface area contributed by atoms with Crippen LogP contribution < -0.4 is 0 Å². The Hall–Kier alpha value is -0.980. The summed E-state index contributed by atoms with van der Waals surface area (Å²) in [6.07, 6.45) is 2.15. The SMILES string of the molecule is C[C@H]([C@@H](O)[C@H](O)c1ccc(Cl)cc1)[C@H]1CC[C@H]2[C@@H]3CC(=O)C4C[C@H](O)[C@H](O)C[C@]4(C)[C@H]3CC[C@]12C. The highest BCUT2D eigenvalue weighted by atomic mass is 35.5. The van der Waals surface area contributed by atoms with Crippen molar-refractivity contribution in [2.24, 2.45) is 46.3 Å². The number of fused-ring (bicyclic) bond motifs is 5. The Morgan fingerprint density at radius 2 is 1.63 bits per heavy atom. The fourth-order valence-electron chi connectivity index (χ4n) is 9.36. The zero-order valence-corrected chi connectivity index (χ0v) is 21.9. The number of aliphatic hydroxyl groups excluding tert-OH is 4. The minimum atomic E-state index is -0.965. The highest BCUT2D eigenvalue weighted by molar-refractivity contribution is 6.30. The van der Waals surface area contributed by atoms with Crippen molar-refractivity contribution in [3.63, 3.8) is 0 Å². The van der Waals surface area contributed by atoms with Gasteiger partial charge in [0.05, 0.1) is 18.3 Å². The van der Waals surface area contributed by atoms with Crippen LogP contribution >= 0.6 is 11.6 Å². The van der Waals surface area contributed by atoms with Gasteiger partial charge in [-0.15, -0.1) is 0 Å². The van der Waals surface area contributed by atoms with Gasteiger partial charge in [-0.1, -0.05) is 44.5 Å². The standard InChI is InChI=1S/C29H41ClO5/c1-15(26(34)27(35)16-4-6-17(30)7-5-16)19-8-9-20-18-12-23(31)22-13-24(32)25(33)14-29(22,3)21(18)10-11-28(19,20)2/h4-7,15,18-22,24-27,32-35H,8-14H2,1-3H3/t15-,18-,19+,20-,21-,22?,24-,25+,26+,27+,28+,29+/m0/s1. The molecular formula is C29H41ClO5. The van der Waals surface area contributed by atoms with Gasteiger partial charge in [-0.25, -0.2) is 0 Å². The predicted molar refractivity (Wildman–Crippen MR) is 135 cm³/mol. The predicted octanol–water partition coefficient (Wildman–Crippen LogP) is 4.54. The Labute approximate surface area is 213 Å². The molecule has 12 atom stereocenters. The number of ketones is 1. The maximum absolute atomic E-state index is 13.4. The lowest BCUT2D eigenvalue weighted by atomic mass is 9.44. The van der Waals surface area contributed by atoms with Crippen LogP contribution in [0.15, 0.2) is 24.3 Å². The normalized spacial score (nSPS) is 45.7. The number of hydrogen-bond acceptors (Lipinski definition) is 5. The van der Waals surface area contributed by atoms with Crippen LogP contribution in [-0.2, 0) is 4.79 Å². The fourth-order valence-corrected chi connectivity index (χ4v) is 9.48. The first-order valence-electron chi connectivity index (χ1n) is 13.5. The number of carbonyl (C=O) groups is 1. The van der Waals surface area contributed by atoms with Gasteiger partial charge in [-0.05, 0) is 96.6 Å².